The fourth-order valence-electron chi connectivity index (χ4n) is 2.18. The molecule has 0 aliphatic carbocycles. The van der Waals surface area contributed by atoms with Crippen LogP contribution in [-0.4, -0.2) is 10.7 Å². The molecule has 0 spiro atoms. The number of aliphatic hydroxyl groups is 1. The molecule has 0 bridgehead atoms. The van der Waals surface area contributed by atoms with E-state index >= 15 is 0 Å². The van der Waals surface area contributed by atoms with Crippen LogP contribution in [0.5, 0.6) is 0 Å². The van der Waals surface area contributed by atoms with E-state index in [4.69, 9.17) is 0 Å². The van der Waals surface area contributed by atoms with Crippen molar-refractivity contribution >= 4 is 0 Å². The van der Waals surface area contributed by atoms with Gasteiger partial charge >= 0.3 is 0 Å². The maximum atomic E-state index is 10.3. The molecule has 0 fully saturated rings. The van der Waals surface area contributed by atoms with Gasteiger partial charge in [0, 0.05) is 6.42 Å². The lowest BCUT2D eigenvalue weighted by Gasteiger charge is -2.23. The number of hydrogen-bond donors (Lipinski definition) is 1. The third kappa shape index (κ3) is 5.36. The Labute approximate surface area is 106 Å². The molecule has 1 heteroatoms. The average Bonchev–Trinajstić information content (AvgIpc) is 2.30. The van der Waals surface area contributed by atoms with E-state index in [-0.39, 0.29) is 0 Å². The molecule has 1 unspecified atom stereocenters. The largest absolute Gasteiger partial charge is 0.390 e. The molecule has 1 rings (SSSR count). The smallest absolute Gasteiger partial charge is 0.0660 e. The molecule has 17 heavy (non-hydrogen) atoms. The predicted octanol–water partition coefficient (Wildman–Crippen LogP) is 4.12. The van der Waals surface area contributed by atoms with Gasteiger partial charge in [-0.15, -0.1) is 0 Å². The number of hydrogen-bond acceptors (Lipinski definition) is 1. The molecule has 0 aromatic heterocycles. The quantitative estimate of drug-likeness (QED) is 0.704. The average molecular weight is 234 g/mol. The van der Waals surface area contributed by atoms with Gasteiger partial charge in [0.05, 0.1) is 5.60 Å². The second-order valence-corrected chi connectivity index (χ2v) is 5.30. The highest BCUT2D eigenvalue weighted by atomic mass is 16.3. The second-order valence-electron chi connectivity index (χ2n) is 5.30. The van der Waals surface area contributed by atoms with Crippen LogP contribution < -0.4 is 0 Å². The zero-order chi connectivity index (χ0) is 12.7. The molecule has 1 nitrogen and oxygen atoms in total. The van der Waals surface area contributed by atoms with Gasteiger partial charge < -0.3 is 5.11 Å². The van der Waals surface area contributed by atoms with Crippen LogP contribution >= 0.6 is 0 Å². The molecular formula is C16H26O. The highest BCUT2D eigenvalue weighted by Crippen LogP contribution is 2.20. The fourth-order valence-corrected chi connectivity index (χ4v) is 2.18. The summed E-state index contributed by atoms with van der Waals surface area (Å²) in [6.07, 6.45) is 6.28. The van der Waals surface area contributed by atoms with Gasteiger partial charge in [-0.1, -0.05) is 57.4 Å². The maximum absolute atomic E-state index is 10.3. The van der Waals surface area contributed by atoms with Crippen LogP contribution in [0.4, 0.5) is 0 Å². The highest BCUT2D eigenvalue weighted by Gasteiger charge is 2.19. The van der Waals surface area contributed by atoms with Gasteiger partial charge in [-0.05, 0) is 30.9 Å². The summed E-state index contributed by atoms with van der Waals surface area (Å²) in [6.45, 7) is 6.31. The van der Waals surface area contributed by atoms with Gasteiger partial charge in [0.15, 0.2) is 0 Å². The van der Waals surface area contributed by atoms with Crippen molar-refractivity contribution in [2.24, 2.45) is 0 Å². The van der Waals surface area contributed by atoms with Crippen molar-refractivity contribution in [2.75, 3.05) is 0 Å². The first-order valence-corrected chi connectivity index (χ1v) is 6.87. The van der Waals surface area contributed by atoms with E-state index < -0.39 is 5.60 Å². The van der Waals surface area contributed by atoms with E-state index in [1.807, 2.05) is 6.92 Å². The van der Waals surface area contributed by atoms with E-state index in [0.29, 0.717) is 0 Å². The van der Waals surface area contributed by atoms with Gasteiger partial charge in [0.25, 0.3) is 0 Å². The molecule has 1 atom stereocenters. The Bertz CT molecular complexity index is 311. The Morgan fingerprint density at radius 2 is 1.59 bits per heavy atom. The van der Waals surface area contributed by atoms with Crippen molar-refractivity contribution in [3.05, 3.63) is 35.4 Å². The zero-order valence-electron chi connectivity index (χ0n) is 11.5. The Kier molecular flexibility index (Phi) is 5.70. The minimum atomic E-state index is -0.553. The molecule has 96 valence electrons. The summed E-state index contributed by atoms with van der Waals surface area (Å²) in [6, 6.07) is 8.62. The third-order valence-electron chi connectivity index (χ3n) is 3.34. The first kappa shape index (κ1) is 14.2. The van der Waals surface area contributed by atoms with Crippen molar-refractivity contribution in [1.82, 2.24) is 0 Å². The summed E-state index contributed by atoms with van der Waals surface area (Å²) in [7, 11) is 0. The molecule has 0 saturated carbocycles. The zero-order valence-corrected chi connectivity index (χ0v) is 11.5. The second kappa shape index (κ2) is 6.80. The first-order chi connectivity index (χ1) is 8.07. The summed E-state index contributed by atoms with van der Waals surface area (Å²) >= 11 is 0. The summed E-state index contributed by atoms with van der Waals surface area (Å²) in [5.74, 6) is 0. The van der Waals surface area contributed by atoms with Crippen LogP contribution in [0.15, 0.2) is 24.3 Å². The molecule has 1 aromatic rings. The summed E-state index contributed by atoms with van der Waals surface area (Å²) in [4.78, 5) is 0. The van der Waals surface area contributed by atoms with Crippen molar-refractivity contribution in [3.8, 4) is 0 Å². The molecular weight excluding hydrogens is 208 g/mol. The van der Waals surface area contributed by atoms with E-state index in [0.717, 1.165) is 25.7 Å². The van der Waals surface area contributed by atoms with Gasteiger partial charge in [-0.2, -0.15) is 0 Å². The molecule has 0 aliphatic rings. The number of benzene rings is 1. The first-order valence-electron chi connectivity index (χ1n) is 6.87. The van der Waals surface area contributed by atoms with E-state index in [9.17, 15) is 5.11 Å². The molecule has 1 N–H and O–H groups in total. The molecule has 0 amide bonds. The molecule has 0 radical (unpaired) electrons. The maximum Gasteiger partial charge on any atom is 0.0660 e. The Morgan fingerprint density at radius 1 is 1.00 bits per heavy atom. The third-order valence-corrected chi connectivity index (χ3v) is 3.34. The Balaban J connectivity index is 2.50. The number of unbranched alkanes of at least 4 members (excludes halogenated alkanes) is 2. The fraction of sp³-hybridized carbons (Fsp3) is 0.625. The highest BCUT2D eigenvalue weighted by molar-refractivity contribution is 5.23. The topological polar surface area (TPSA) is 20.2 Å². The lowest BCUT2D eigenvalue weighted by molar-refractivity contribution is 0.0486. The van der Waals surface area contributed by atoms with E-state index in [1.54, 1.807) is 0 Å². The minimum Gasteiger partial charge on any atom is -0.390 e. The van der Waals surface area contributed by atoms with Crippen molar-refractivity contribution in [1.29, 1.82) is 0 Å². The van der Waals surface area contributed by atoms with Gasteiger partial charge in [-0.25, -0.2) is 0 Å². The molecule has 0 aliphatic heterocycles. The molecule has 0 heterocycles. The van der Waals surface area contributed by atoms with Crippen LogP contribution in [0.3, 0.4) is 0 Å². The predicted molar refractivity (Wildman–Crippen MR) is 74.3 cm³/mol. The van der Waals surface area contributed by atoms with Gasteiger partial charge in [0.1, 0.15) is 0 Å². The van der Waals surface area contributed by atoms with Crippen molar-refractivity contribution in [2.45, 2.75) is 64.9 Å². The van der Waals surface area contributed by atoms with Gasteiger partial charge in [0.2, 0.25) is 0 Å². The minimum absolute atomic E-state index is 0.553. The van der Waals surface area contributed by atoms with Crippen LogP contribution in [0.25, 0.3) is 0 Å². The molecule has 0 saturated heterocycles. The van der Waals surface area contributed by atoms with Crippen molar-refractivity contribution in [3.63, 3.8) is 0 Å². The lowest BCUT2D eigenvalue weighted by Crippen LogP contribution is -2.26. The summed E-state index contributed by atoms with van der Waals surface area (Å²) in [5, 5.41) is 10.3. The van der Waals surface area contributed by atoms with E-state index in [2.05, 4.69) is 38.1 Å². The number of rotatable bonds is 7. The lowest BCUT2D eigenvalue weighted by atomic mass is 9.90. The summed E-state index contributed by atoms with van der Waals surface area (Å²) < 4.78 is 0. The van der Waals surface area contributed by atoms with Crippen LogP contribution in [0.1, 0.15) is 57.6 Å². The number of aryl methyl sites for hydroxylation is 1. The van der Waals surface area contributed by atoms with Crippen molar-refractivity contribution < 1.29 is 5.11 Å². The summed E-state index contributed by atoms with van der Waals surface area (Å²) in [5.41, 5.74) is 2.05. The Morgan fingerprint density at radius 3 is 2.12 bits per heavy atom. The van der Waals surface area contributed by atoms with Crippen LogP contribution in [-0.2, 0) is 12.8 Å². The van der Waals surface area contributed by atoms with Crippen LogP contribution in [0, 0.1) is 0 Å². The Hall–Kier alpha value is -0.820. The van der Waals surface area contributed by atoms with Crippen LogP contribution in [0.2, 0.25) is 0 Å². The monoisotopic (exact) mass is 234 g/mol. The normalized spacial score (nSPS) is 14.6. The van der Waals surface area contributed by atoms with Gasteiger partial charge in [-0.3, -0.25) is 0 Å². The standard InChI is InChI=1S/C16H26O/c1-4-6-7-12-16(3,17)13-15-10-8-14(5-2)9-11-15/h8-11,17H,4-7,12-13H2,1-3H3. The molecule has 1 aromatic carbocycles. The van der Waals surface area contributed by atoms with E-state index in [1.165, 1.54) is 24.0 Å². The SMILES string of the molecule is CCCCCC(C)(O)Cc1ccc(CC)cc1.